The molecule has 1 aromatic heterocycles. The Bertz CT molecular complexity index is 1240. The van der Waals surface area contributed by atoms with Gasteiger partial charge in [-0.25, -0.2) is 18.4 Å². The van der Waals surface area contributed by atoms with Gasteiger partial charge in [-0.15, -0.1) is 0 Å². The summed E-state index contributed by atoms with van der Waals surface area (Å²) in [5, 5.41) is 0. The highest BCUT2D eigenvalue weighted by Crippen LogP contribution is 2.45. The standard InChI is InChI=1S/C22H21N3O5S/c1-28-19-9-8-16(10-20(19)29-2)31(26,27)25-13-22(14-25)17-11-23-21(24-18(17)12-30-22)15-6-4-3-5-7-15/h3-11H,12-14H2,1-2H3. The van der Waals surface area contributed by atoms with Gasteiger partial charge in [0, 0.05) is 36.5 Å². The van der Waals surface area contributed by atoms with Crippen molar-refractivity contribution in [3.8, 4) is 22.9 Å². The molecule has 0 amide bonds. The largest absolute Gasteiger partial charge is 0.493 e. The maximum atomic E-state index is 13.1. The van der Waals surface area contributed by atoms with Crippen LogP contribution in [0, 0.1) is 0 Å². The highest BCUT2D eigenvalue weighted by atomic mass is 32.2. The molecule has 2 aliphatic rings. The number of ether oxygens (including phenoxy) is 3. The zero-order valence-corrected chi connectivity index (χ0v) is 17.9. The molecule has 1 saturated heterocycles. The molecular weight excluding hydrogens is 418 g/mol. The number of methoxy groups -OCH3 is 2. The quantitative estimate of drug-likeness (QED) is 0.603. The summed E-state index contributed by atoms with van der Waals surface area (Å²) in [6.45, 7) is 0.761. The molecular formula is C22H21N3O5S. The van der Waals surface area contributed by atoms with E-state index in [0.29, 0.717) is 23.9 Å². The SMILES string of the molecule is COc1ccc(S(=O)(=O)N2CC3(C2)OCc2nc(-c4ccccc4)ncc23)cc1OC. The fraction of sp³-hybridized carbons (Fsp3) is 0.273. The molecule has 3 aromatic rings. The molecule has 1 spiro atoms. The molecule has 0 aliphatic carbocycles. The average molecular weight is 439 g/mol. The first-order valence-corrected chi connectivity index (χ1v) is 11.2. The zero-order valence-electron chi connectivity index (χ0n) is 17.1. The van der Waals surface area contributed by atoms with E-state index in [-0.39, 0.29) is 18.0 Å². The zero-order chi connectivity index (χ0) is 21.6. The summed E-state index contributed by atoms with van der Waals surface area (Å²) in [4.78, 5) is 9.30. The molecule has 2 aliphatic heterocycles. The van der Waals surface area contributed by atoms with E-state index in [9.17, 15) is 8.42 Å². The Labute approximate surface area is 180 Å². The number of fused-ring (bicyclic) bond motifs is 2. The molecule has 0 bridgehead atoms. The predicted molar refractivity (Wildman–Crippen MR) is 112 cm³/mol. The third-order valence-electron chi connectivity index (χ3n) is 5.73. The molecule has 0 N–H and O–H groups in total. The van der Waals surface area contributed by atoms with Crippen molar-refractivity contribution in [2.45, 2.75) is 17.1 Å². The Kier molecular flexibility index (Phi) is 4.69. The summed E-state index contributed by atoms with van der Waals surface area (Å²) in [5.41, 5.74) is 1.88. The van der Waals surface area contributed by atoms with E-state index in [0.717, 1.165) is 16.8 Å². The molecule has 8 nitrogen and oxygen atoms in total. The lowest BCUT2D eigenvalue weighted by atomic mass is 9.90. The Morgan fingerprint density at radius 1 is 1.03 bits per heavy atom. The van der Waals surface area contributed by atoms with Crippen molar-refractivity contribution < 1.29 is 22.6 Å². The molecule has 160 valence electrons. The van der Waals surface area contributed by atoms with E-state index in [1.165, 1.54) is 30.7 Å². The van der Waals surface area contributed by atoms with E-state index in [1.54, 1.807) is 12.3 Å². The van der Waals surface area contributed by atoms with Crippen LogP contribution in [0.1, 0.15) is 11.3 Å². The first-order valence-electron chi connectivity index (χ1n) is 9.75. The van der Waals surface area contributed by atoms with Crippen molar-refractivity contribution in [3.63, 3.8) is 0 Å². The maximum Gasteiger partial charge on any atom is 0.243 e. The van der Waals surface area contributed by atoms with Gasteiger partial charge >= 0.3 is 0 Å². The van der Waals surface area contributed by atoms with Gasteiger partial charge in [0.1, 0.15) is 5.60 Å². The number of hydrogen-bond donors (Lipinski definition) is 0. The van der Waals surface area contributed by atoms with Crippen LogP contribution >= 0.6 is 0 Å². The van der Waals surface area contributed by atoms with E-state index >= 15 is 0 Å². The van der Waals surface area contributed by atoms with Crippen LogP contribution in [0.2, 0.25) is 0 Å². The van der Waals surface area contributed by atoms with Crippen LogP contribution in [0.3, 0.4) is 0 Å². The number of nitrogens with zero attached hydrogens (tertiary/aromatic N) is 3. The molecule has 0 saturated carbocycles. The molecule has 1 fully saturated rings. The van der Waals surface area contributed by atoms with Crippen LogP contribution in [0.25, 0.3) is 11.4 Å². The molecule has 0 atom stereocenters. The van der Waals surface area contributed by atoms with E-state index in [1.807, 2.05) is 30.3 Å². The van der Waals surface area contributed by atoms with Gasteiger partial charge in [-0.2, -0.15) is 4.31 Å². The van der Waals surface area contributed by atoms with E-state index < -0.39 is 15.6 Å². The van der Waals surface area contributed by atoms with Crippen molar-refractivity contribution in [1.29, 1.82) is 0 Å². The van der Waals surface area contributed by atoms with Gasteiger partial charge in [-0.1, -0.05) is 30.3 Å². The number of sulfonamides is 1. The fourth-order valence-corrected chi connectivity index (χ4v) is 5.55. The highest BCUT2D eigenvalue weighted by Gasteiger charge is 2.55. The van der Waals surface area contributed by atoms with Gasteiger partial charge in [0.25, 0.3) is 0 Å². The van der Waals surface area contributed by atoms with Gasteiger partial charge in [0.15, 0.2) is 17.3 Å². The first-order chi connectivity index (χ1) is 15.0. The smallest absolute Gasteiger partial charge is 0.243 e. The molecule has 31 heavy (non-hydrogen) atoms. The van der Waals surface area contributed by atoms with Crippen LogP contribution < -0.4 is 9.47 Å². The number of rotatable bonds is 5. The second-order valence-corrected chi connectivity index (χ2v) is 9.43. The van der Waals surface area contributed by atoms with Gasteiger partial charge in [0.05, 0.1) is 31.4 Å². The fourth-order valence-electron chi connectivity index (χ4n) is 4.00. The summed E-state index contributed by atoms with van der Waals surface area (Å²) in [6, 6.07) is 14.3. The van der Waals surface area contributed by atoms with Gasteiger partial charge < -0.3 is 14.2 Å². The normalized spacial score (nSPS) is 17.2. The third kappa shape index (κ3) is 3.16. The summed E-state index contributed by atoms with van der Waals surface area (Å²) in [5.74, 6) is 1.47. The molecule has 9 heteroatoms. The Balaban J connectivity index is 1.39. The number of benzene rings is 2. The van der Waals surface area contributed by atoms with Crippen LogP contribution in [0.4, 0.5) is 0 Å². The van der Waals surface area contributed by atoms with Gasteiger partial charge in [-0.05, 0) is 12.1 Å². The van der Waals surface area contributed by atoms with Crippen molar-refractivity contribution >= 4 is 10.0 Å². The molecule has 0 unspecified atom stereocenters. The van der Waals surface area contributed by atoms with Crippen molar-refractivity contribution in [3.05, 3.63) is 66.0 Å². The lowest BCUT2D eigenvalue weighted by molar-refractivity contribution is -0.112. The molecule has 2 aromatic carbocycles. The van der Waals surface area contributed by atoms with Gasteiger partial charge in [0.2, 0.25) is 10.0 Å². The average Bonchev–Trinajstić information content (AvgIpc) is 3.17. The van der Waals surface area contributed by atoms with Crippen molar-refractivity contribution in [2.75, 3.05) is 27.3 Å². The van der Waals surface area contributed by atoms with Crippen molar-refractivity contribution in [1.82, 2.24) is 14.3 Å². The molecule has 0 radical (unpaired) electrons. The second-order valence-electron chi connectivity index (χ2n) is 7.49. The predicted octanol–water partition coefficient (Wildman–Crippen LogP) is 2.59. The van der Waals surface area contributed by atoms with E-state index in [2.05, 4.69) is 9.97 Å². The monoisotopic (exact) mass is 439 g/mol. The number of aromatic nitrogens is 2. The third-order valence-corrected chi connectivity index (χ3v) is 7.52. The molecule has 3 heterocycles. The van der Waals surface area contributed by atoms with E-state index in [4.69, 9.17) is 14.2 Å². The summed E-state index contributed by atoms with van der Waals surface area (Å²) in [6.07, 6.45) is 1.76. The maximum absolute atomic E-state index is 13.1. The minimum Gasteiger partial charge on any atom is -0.493 e. The van der Waals surface area contributed by atoms with Crippen LogP contribution in [0.15, 0.2) is 59.6 Å². The summed E-state index contributed by atoms with van der Waals surface area (Å²) >= 11 is 0. The Hall–Kier alpha value is -3.01. The topological polar surface area (TPSA) is 90.9 Å². The first kappa shape index (κ1) is 19.9. The summed E-state index contributed by atoms with van der Waals surface area (Å²) in [7, 11) is -0.723. The number of hydrogen-bond acceptors (Lipinski definition) is 7. The minimum absolute atomic E-state index is 0.147. The summed E-state index contributed by atoms with van der Waals surface area (Å²) < 4.78 is 44.1. The lowest BCUT2D eigenvalue weighted by Gasteiger charge is -2.46. The van der Waals surface area contributed by atoms with Crippen LogP contribution in [-0.4, -0.2) is 50.0 Å². The van der Waals surface area contributed by atoms with Gasteiger partial charge in [-0.3, -0.25) is 0 Å². The van der Waals surface area contributed by atoms with Crippen molar-refractivity contribution in [2.24, 2.45) is 0 Å². The Morgan fingerprint density at radius 2 is 1.77 bits per heavy atom. The minimum atomic E-state index is -3.70. The van der Waals surface area contributed by atoms with Crippen LogP contribution in [-0.2, 0) is 27.0 Å². The second kappa shape index (κ2) is 7.30. The highest BCUT2D eigenvalue weighted by molar-refractivity contribution is 7.89. The lowest BCUT2D eigenvalue weighted by Crippen LogP contribution is -2.61. The molecule has 5 rings (SSSR count). The Morgan fingerprint density at radius 3 is 2.48 bits per heavy atom. The van der Waals surface area contributed by atoms with Crippen LogP contribution in [0.5, 0.6) is 11.5 Å².